The zero-order chi connectivity index (χ0) is 11.5. The molecule has 0 aliphatic carbocycles. The number of hydrogen-bond donors (Lipinski definition) is 2. The van der Waals surface area contributed by atoms with Gasteiger partial charge >= 0.3 is 6.03 Å². The number of hydrogen-bond acceptors (Lipinski definition) is 3. The molecule has 5 heteroatoms. The molecule has 84 valence electrons. The molecule has 1 aromatic carbocycles. The van der Waals surface area contributed by atoms with Crippen LogP contribution in [0.15, 0.2) is 24.3 Å². The number of urea groups is 1. The van der Waals surface area contributed by atoms with Gasteiger partial charge in [-0.25, -0.2) is 4.79 Å². The van der Waals surface area contributed by atoms with E-state index in [0.29, 0.717) is 25.2 Å². The van der Waals surface area contributed by atoms with Crippen LogP contribution in [0.25, 0.3) is 0 Å². The Bertz CT molecular complexity index is 431. The molecule has 0 atom stereocenters. The van der Waals surface area contributed by atoms with Gasteiger partial charge in [-0.15, -0.1) is 0 Å². The van der Waals surface area contributed by atoms with Crippen molar-refractivity contribution >= 4 is 17.6 Å². The molecule has 1 fully saturated rings. The van der Waals surface area contributed by atoms with Crippen molar-refractivity contribution in [3.05, 3.63) is 29.8 Å². The molecule has 0 spiro atoms. The van der Waals surface area contributed by atoms with Crippen LogP contribution in [0.4, 0.5) is 10.5 Å². The van der Waals surface area contributed by atoms with E-state index < -0.39 is 0 Å². The summed E-state index contributed by atoms with van der Waals surface area (Å²) in [6.07, 6.45) is 0.355. The number of anilines is 1. The molecule has 1 aromatic rings. The predicted molar refractivity (Wildman–Crippen MR) is 59.4 cm³/mol. The summed E-state index contributed by atoms with van der Waals surface area (Å²) < 4.78 is 0. The summed E-state index contributed by atoms with van der Waals surface area (Å²) in [4.78, 5) is 24.0. The molecule has 0 bridgehead atoms. The Balaban J connectivity index is 2.05. The maximum Gasteiger partial charge on any atom is 0.324 e. The first-order valence-electron chi connectivity index (χ1n) is 5.08. The lowest BCUT2D eigenvalue weighted by Crippen LogP contribution is -2.48. The summed E-state index contributed by atoms with van der Waals surface area (Å²) in [6, 6.07) is 7.03. The first kappa shape index (κ1) is 10.5. The van der Waals surface area contributed by atoms with Crippen LogP contribution in [0.1, 0.15) is 12.0 Å². The summed E-state index contributed by atoms with van der Waals surface area (Å²) in [5.74, 6) is -0.214. The van der Waals surface area contributed by atoms with Gasteiger partial charge in [-0.3, -0.25) is 10.1 Å². The summed E-state index contributed by atoms with van der Waals surface area (Å²) in [7, 11) is 0. The number of rotatable bonds is 2. The summed E-state index contributed by atoms with van der Waals surface area (Å²) in [5.41, 5.74) is 7.28. The van der Waals surface area contributed by atoms with E-state index in [2.05, 4.69) is 5.32 Å². The van der Waals surface area contributed by atoms with Gasteiger partial charge in [0.05, 0.1) is 0 Å². The Morgan fingerprint density at radius 1 is 1.38 bits per heavy atom. The van der Waals surface area contributed by atoms with E-state index in [1.165, 1.54) is 0 Å². The first-order valence-corrected chi connectivity index (χ1v) is 5.08. The average molecular weight is 219 g/mol. The third-order valence-electron chi connectivity index (χ3n) is 2.47. The highest BCUT2D eigenvalue weighted by molar-refractivity contribution is 5.96. The number of nitrogens with one attached hydrogen (secondary N) is 1. The number of carbonyl (C=O) groups is 2. The lowest BCUT2D eigenvalue weighted by Gasteiger charge is -2.26. The molecule has 3 amide bonds. The van der Waals surface area contributed by atoms with Crippen LogP contribution in [0.2, 0.25) is 0 Å². The second kappa shape index (κ2) is 4.22. The lowest BCUT2D eigenvalue weighted by molar-refractivity contribution is -0.121. The third kappa shape index (κ3) is 2.31. The van der Waals surface area contributed by atoms with Crippen molar-refractivity contribution in [1.82, 2.24) is 10.2 Å². The van der Waals surface area contributed by atoms with Crippen molar-refractivity contribution in [2.45, 2.75) is 13.0 Å². The molecule has 0 unspecified atom stereocenters. The van der Waals surface area contributed by atoms with Crippen molar-refractivity contribution < 1.29 is 9.59 Å². The van der Waals surface area contributed by atoms with Crippen LogP contribution >= 0.6 is 0 Å². The molecule has 5 nitrogen and oxygen atoms in total. The SMILES string of the molecule is Nc1cccc(CN2CCC(=O)NC2=O)c1. The zero-order valence-electron chi connectivity index (χ0n) is 8.77. The van der Waals surface area contributed by atoms with Crippen LogP contribution in [-0.2, 0) is 11.3 Å². The van der Waals surface area contributed by atoms with Crippen LogP contribution in [0.3, 0.4) is 0 Å². The van der Waals surface area contributed by atoms with Gasteiger partial charge in [-0.1, -0.05) is 12.1 Å². The zero-order valence-corrected chi connectivity index (χ0v) is 8.77. The maximum atomic E-state index is 11.5. The Morgan fingerprint density at radius 3 is 2.88 bits per heavy atom. The summed E-state index contributed by atoms with van der Waals surface area (Å²) >= 11 is 0. The van der Waals surface area contributed by atoms with Crippen molar-refractivity contribution in [3.8, 4) is 0 Å². The van der Waals surface area contributed by atoms with E-state index in [1.54, 1.807) is 11.0 Å². The second-order valence-corrected chi connectivity index (χ2v) is 3.77. The van der Waals surface area contributed by atoms with E-state index >= 15 is 0 Å². The maximum absolute atomic E-state index is 11.5. The molecule has 0 radical (unpaired) electrons. The highest BCUT2D eigenvalue weighted by Gasteiger charge is 2.22. The van der Waals surface area contributed by atoms with Crippen LogP contribution < -0.4 is 11.1 Å². The van der Waals surface area contributed by atoms with E-state index in [0.717, 1.165) is 5.56 Å². The Kier molecular flexibility index (Phi) is 2.76. The quantitative estimate of drug-likeness (QED) is 0.719. The average Bonchev–Trinajstić information content (AvgIpc) is 2.22. The van der Waals surface area contributed by atoms with Crippen molar-refractivity contribution in [2.75, 3.05) is 12.3 Å². The van der Waals surface area contributed by atoms with Crippen molar-refractivity contribution in [2.24, 2.45) is 0 Å². The fourth-order valence-corrected chi connectivity index (χ4v) is 1.66. The lowest BCUT2D eigenvalue weighted by atomic mass is 10.2. The van der Waals surface area contributed by atoms with Crippen molar-refractivity contribution in [3.63, 3.8) is 0 Å². The molecule has 16 heavy (non-hydrogen) atoms. The van der Waals surface area contributed by atoms with Gasteiger partial charge in [0.15, 0.2) is 0 Å². The highest BCUT2D eigenvalue weighted by atomic mass is 16.2. The number of benzene rings is 1. The first-order chi connectivity index (χ1) is 7.65. The molecular formula is C11H13N3O2. The summed E-state index contributed by atoms with van der Waals surface area (Å²) in [5, 5.41) is 2.28. The molecule has 1 aliphatic rings. The number of amides is 3. The van der Waals surface area contributed by atoms with Gasteiger partial charge in [-0.2, -0.15) is 0 Å². The number of imide groups is 1. The Labute approximate surface area is 93.2 Å². The van der Waals surface area contributed by atoms with Gasteiger partial charge in [0.25, 0.3) is 0 Å². The Hall–Kier alpha value is -2.04. The molecule has 0 saturated carbocycles. The largest absolute Gasteiger partial charge is 0.399 e. The van der Waals surface area contributed by atoms with E-state index in [-0.39, 0.29) is 11.9 Å². The van der Waals surface area contributed by atoms with Crippen LogP contribution in [0, 0.1) is 0 Å². The van der Waals surface area contributed by atoms with Crippen molar-refractivity contribution in [1.29, 1.82) is 0 Å². The smallest absolute Gasteiger partial charge is 0.324 e. The van der Waals surface area contributed by atoms with E-state index in [9.17, 15) is 9.59 Å². The van der Waals surface area contributed by atoms with Gasteiger partial charge < -0.3 is 10.6 Å². The van der Waals surface area contributed by atoms with Crippen LogP contribution in [-0.4, -0.2) is 23.4 Å². The Morgan fingerprint density at radius 2 is 2.19 bits per heavy atom. The summed E-state index contributed by atoms with van der Waals surface area (Å²) in [6.45, 7) is 0.934. The molecular weight excluding hydrogens is 206 g/mol. The number of nitrogen functional groups attached to an aromatic ring is 1. The minimum atomic E-state index is -0.335. The van der Waals surface area contributed by atoms with Gasteiger partial charge in [-0.05, 0) is 17.7 Å². The molecule has 1 aliphatic heterocycles. The van der Waals surface area contributed by atoms with E-state index in [1.807, 2.05) is 18.2 Å². The molecule has 2 rings (SSSR count). The normalized spacial score (nSPS) is 16.1. The minimum absolute atomic E-state index is 0.214. The highest BCUT2D eigenvalue weighted by Crippen LogP contribution is 2.11. The van der Waals surface area contributed by atoms with Gasteiger partial charge in [0, 0.05) is 25.2 Å². The van der Waals surface area contributed by atoms with Crippen LogP contribution in [0.5, 0.6) is 0 Å². The predicted octanol–water partition coefficient (Wildman–Crippen LogP) is 0.711. The molecule has 0 aromatic heterocycles. The second-order valence-electron chi connectivity index (χ2n) is 3.77. The molecule has 1 heterocycles. The molecule has 3 N–H and O–H groups in total. The molecule has 1 saturated heterocycles. The standard InChI is InChI=1S/C11H13N3O2/c12-9-3-1-2-8(6-9)7-14-5-4-10(15)13-11(14)16/h1-3,6H,4-5,7,12H2,(H,13,15,16). The fourth-order valence-electron chi connectivity index (χ4n) is 1.66. The number of carbonyl (C=O) groups excluding carboxylic acids is 2. The topological polar surface area (TPSA) is 75.4 Å². The number of nitrogens with two attached hydrogens (primary N) is 1. The fraction of sp³-hybridized carbons (Fsp3) is 0.273. The van der Waals surface area contributed by atoms with Gasteiger partial charge in [0.1, 0.15) is 0 Å². The number of nitrogens with zero attached hydrogens (tertiary/aromatic N) is 1. The van der Waals surface area contributed by atoms with Gasteiger partial charge in [0.2, 0.25) is 5.91 Å². The minimum Gasteiger partial charge on any atom is -0.399 e. The monoisotopic (exact) mass is 219 g/mol. The third-order valence-corrected chi connectivity index (χ3v) is 2.47. The van der Waals surface area contributed by atoms with E-state index in [4.69, 9.17) is 5.73 Å².